The number of carbonyl (C=O) groups is 3. The van der Waals surface area contributed by atoms with Crippen molar-refractivity contribution in [1.82, 2.24) is 5.43 Å². The molecule has 0 atom stereocenters. The summed E-state index contributed by atoms with van der Waals surface area (Å²) in [5, 5.41) is 0. The van der Waals surface area contributed by atoms with Gasteiger partial charge in [0.05, 0.1) is 18.2 Å². The number of furan rings is 1. The number of methoxy groups -OCH3 is 1. The van der Waals surface area contributed by atoms with Crippen LogP contribution in [0.25, 0.3) is 22.3 Å². The first kappa shape index (κ1) is 22.5. The summed E-state index contributed by atoms with van der Waals surface area (Å²) >= 11 is 0. The standard InChI is InChI=1S/C26H20N2O6/c1-32-18-12-13-19(20(14-18)24(29)28-27)25(30)34-26(31)23-22(17-10-6-3-7-11-17)21(15-33-23)16-8-4-2-5-9-16/h2-15H,27H2,1H3,(H,28,29). The van der Waals surface area contributed by atoms with Crippen LogP contribution in [-0.2, 0) is 4.74 Å². The summed E-state index contributed by atoms with van der Waals surface area (Å²) in [7, 11) is 1.41. The van der Waals surface area contributed by atoms with Crippen LogP contribution >= 0.6 is 0 Å². The summed E-state index contributed by atoms with van der Waals surface area (Å²) in [6.07, 6.45) is 1.44. The van der Waals surface area contributed by atoms with E-state index in [2.05, 4.69) is 0 Å². The number of hydrazine groups is 1. The van der Waals surface area contributed by atoms with Crippen molar-refractivity contribution in [3.63, 3.8) is 0 Å². The van der Waals surface area contributed by atoms with Crippen molar-refractivity contribution in [3.05, 3.63) is 102 Å². The first-order chi connectivity index (χ1) is 16.5. The molecule has 0 fully saturated rings. The number of rotatable bonds is 6. The van der Waals surface area contributed by atoms with Gasteiger partial charge in [0.1, 0.15) is 12.0 Å². The second kappa shape index (κ2) is 9.85. The second-order valence-electron chi connectivity index (χ2n) is 7.15. The second-order valence-corrected chi connectivity index (χ2v) is 7.15. The Morgan fingerprint density at radius 2 is 1.47 bits per heavy atom. The Morgan fingerprint density at radius 1 is 0.824 bits per heavy atom. The molecular formula is C26H20N2O6. The number of carbonyl (C=O) groups excluding carboxylic acids is 3. The van der Waals surface area contributed by atoms with E-state index in [1.165, 1.54) is 31.6 Å². The average Bonchev–Trinajstić information content (AvgIpc) is 3.34. The van der Waals surface area contributed by atoms with Crippen LogP contribution in [0, 0.1) is 0 Å². The zero-order valence-corrected chi connectivity index (χ0v) is 18.1. The van der Waals surface area contributed by atoms with Gasteiger partial charge in [0, 0.05) is 11.1 Å². The van der Waals surface area contributed by atoms with Crippen molar-refractivity contribution in [2.24, 2.45) is 5.84 Å². The van der Waals surface area contributed by atoms with E-state index in [-0.39, 0.29) is 16.9 Å². The molecule has 0 unspecified atom stereocenters. The van der Waals surface area contributed by atoms with Crippen LogP contribution in [-0.4, -0.2) is 25.0 Å². The van der Waals surface area contributed by atoms with E-state index in [1.807, 2.05) is 66.1 Å². The molecule has 8 nitrogen and oxygen atoms in total. The molecule has 0 saturated carbocycles. The average molecular weight is 456 g/mol. The summed E-state index contributed by atoms with van der Waals surface area (Å²) in [4.78, 5) is 38.1. The molecule has 0 spiro atoms. The van der Waals surface area contributed by atoms with Crippen LogP contribution in [0.5, 0.6) is 5.75 Å². The fraction of sp³-hybridized carbons (Fsp3) is 0.0385. The molecule has 4 rings (SSSR count). The molecule has 4 aromatic rings. The fourth-order valence-corrected chi connectivity index (χ4v) is 3.51. The minimum Gasteiger partial charge on any atom is -0.497 e. The quantitative estimate of drug-likeness (QED) is 0.146. The predicted molar refractivity (Wildman–Crippen MR) is 124 cm³/mol. The van der Waals surface area contributed by atoms with E-state index in [1.54, 1.807) is 0 Å². The first-order valence-corrected chi connectivity index (χ1v) is 10.2. The minimum atomic E-state index is -1.04. The number of esters is 2. The summed E-state index contributed by atoms with van der Waals surface area (Å²) in [6, 6.07) is 22.6. The third-order valence-corrected chi connectivity index (χ3v) is 5.13. The van der Waals surface area contributed by atoms with E-state index in [4.69, 9.17) is 19.7 Å². The lowest BCUT2D eigenvalue weighted by molar-refractivity contribution is 0.0374. The van der Waals surface area contributed by atoms with Crippen LogP contribution in [0.3, 0.4) is 0 Å². The van der Waals surface area contributed by atoms with Crippen LogP contribution in [0.15, 0.2) is 89.5 Å². The zero-order chi connectivity index (χ0) is 24.1. The molecule has 1 heterocycles. The highest BCUT2D eigenvalue weighted by molar-refractivity contribution is 6.10. The summed E-state index contributed by atoms with van der Waals surface area (Å²) in [6.45, 7) is 0. The van der Waals surface area contributed by atoms with Crippen LogP contribution in [0.1, 0.15) is 31.3 Å². The number of hydrogen-bond donors (Lipinski definition) is 2. The van der Waals surface area contributed by atoms with Crippen LogP contribution in [0.2, 0.25) is 0 Å². The third-order valence-electron chi connectivity index (χ3n) is 5.13. The molecule has 0 aliphatic carbocycles. The van der Waals surface area contributed by atoms with Crippen molar-refractivity contribution in [2.75, 3.05) is 7.11 Å². The Kier molecular flexibility index (Phi) is 6.52. The maximum atomic E-state index is 13.1. The molecule has 1 amide bonds. The van der Waals surface area contributed by atoms with Gasteiger partial charge in [-0.05, 0) is 29.3 Å². The number of nitrogen functional groups attached to an aromatic ring is 1. The number of amides is 1. The van der Waals surface area contributed by atoms with E-state index in [0.717, 1.165) is 5.56 Å². The summed E-state index contributed by atoms with van der Waals surface area (Å²) in [5.74, 6) is 2.63. The molecule has 34 heavy (non-hydrogen) atoms. The van der Waals surface area contributed by atoms with E-state index < -0.39 is 17.8 Å². The molecule has 0 saturated heterocycles. The van der Waals surface area contributed by atoms with Gasteiger partial charge in [-0.2, -0.15) is 0 Å². The van der Waals surface area contributed by atoms with Gasteiger partial charge in [0.25, 0.3) is 5.91 Å². The molecule has 8 heteroatoms. The molecule has 170 valence electrons. The highest BCUT2D eigenvalue weighted by Gasteiger charge is 2.28. The zero-order valence-electron chi connectivity index (χ0n) is 18.1. The van der Waals surface area contributed by atoms with Crippen LogP contribution in [0.4, 0.5) is 0 Å². The van der Waals surface area contributed by atoms with Crippen molar-refractivity contribution < 1.29 is 28.3 Å². The van der Waals surface area contributed by atoms with Crippen LogP contribution < -0.4 is 16.0 Å². The highest BCUT2D eigenvalue weighted by atomic mass is 16.6. The van der Waals surface area contributed by atoms with Crippen molar-refractivity contribution >= 4 is 17.8 Å². The van der Waals surface area contributed by atoms with Crippen molar-refractivity contribution in [2.45, 2.75) is 0 Å². The summed E-state index contributed by atoms with van der Waals surface area (Å²) in [5.41, 5.74) is 4.38. The lowest BCUT2D eigenvalue weighted by atomic mass is 9.97. The Bertz CT molecular complexity index is 1350. The van der Waals surface area contributed by atoms with E-state index in [9.17, 15) is 14.4 Å². The lowest BCUT2D eigenvalue weighted by Crippen LogP contribution is -2.31. The topological polar surface area (TPSA) is 121 Å². The van der Waals surface area contributed by atoms with Gasteiger partial charge < -0.3 is 13.9 Å². The molecule has 0 aliphatic rings. The smallest absolute Gasteiger partial charge is 0.382 e. The van der Waals surface area contributed by atoms with Gasteiger partial charge in [-0.15, -0.1) is 0 Å². The van der Waals surface area contributed by atoms with Gasteiger partial charge in [-0.1, -0.05) is 60.7 Å². The van der Waals surface area contributed by atoms with Gasteiger partial charge in [0.2, 0.25) is 5.76 Å². The van der Waals surface area contributed by atoms with E-state index >= 15 is 0 Å². The molecule has 3 N–H and O–H groups in total. The third kappa shape index (κ3) is 4.43. The molecule has 0 aliphatic heterocycles. The summed E-state index contributed by atoms with van der Waals surface area (Å²) < 4.78 is 15.8. The Morgan fingerprint density at radius 3 is 2.09 bits per heavy atom. The van der Waals surface area contributed by atoms with Gasteiger partial charge in [-0.25, -0.2) is 15.4 Å². The monoisotopic (exact) mass is 456 g/mol. The normalized spacial score (nSPS) is 10.4. The Hall–Kier alpha value is -4.69. The Balaban J connectivity index is 1.72. The number of benzene rings is 3. The largest absolute Gasteiger partial charge is 0.497 e. The number of hydrogen-bond acceptors (Lipinski definition) is 7. The van der Waals surface area contributed by atoms with Gasteiger partial charge in [-0.3, -0.25) is 10.2 Å². The predicted octanol–water partition coefficient (Wildman–Crippen LogP) is 4.22. The highest BCUT2D eigenvalue weighted by Crippen LogP contribution is 2.37. The van der Waals surface area contributed by atoms with Crippen molar-refractivity contribution in [1.29, 1.82) is 0 Å². The molecule has 0 bridgehead atoms. The number of nitrogens with one attached hydrogen (secondary N) is 1. The minimum absolute atomic E-state index is 0.104. The molecule has 1 aromatic heterocycles. The van der Waals surface area contributed by atoms with Gasteiger partial charge in [0.15, 0.2) is 0 Å². The number of ether oxygens (including phenoxy) is 2. The first-order valence-electron chi connectivity index (χ1n) is 10.2. The van der Waals surface area contributed by atoms with Gasteiger partial charge >= 0.3 is 11.9 Å². The Labute approximate surface area is 194 Å². The molecular weight excluding hydrogens is 436 g/mol. The maximum absolute atomic E-state index is 13.1. The van der Waals surface area contributed by atoms with Crippen molar-refractivity contribution in [3.8, 4) is 28.0 Å². The fourth-order valence-electron chi connectivity index (χ4n) is 3.51. The maximum Gasteiger partial charge on any atom is 0.382 e. The SMILES string of the molecule is COc1ccc(C(=O)OC(=O)c2occ(-c3ccccc3)c2-c2ccccc2)c(C(=O)NN)c1. The molecule has 3 aromatic carbocycles. The van der Waals surface area contributed by atoms with E-state index in [0.29, 0.717) is 22.4 Å². The lowest BCUT2D eigenvalue weighted by Gasteiger charge is -2.10. The molecule has 0 radical (unpaired) electrons. The number of nitrogens with two attached hydrogens (primary N) is 1.